The van der Waals surface area contributed by atoms with Crippen LogP contribution in [0, 0.1) is 29.6 Å². The molecule has 10 heteroatoms. The fourth-order valence-electron chi connectivity index (χ4n) is 5.07. The van der Waals surface area contributed by atoms with E-state index in [1.165, 1.54) is 22.7 Å². The van der Waals surface area contributed by atoms with Crippen molar-refractivity contribution in [2.45, 2.75) is 46.1 Å². The summed E-state index contributed by atoms with van der Waals surface area (Å²) in [6.07, 6.45) is 2.70. The first-order valence-electron chi connectivity index (χ1n) is 12.7. The van der Waals surface area contributed by atoms with Crippen LogP contribution in [0.2, 0.25) is 0 Å². The molecule has 1 aliphatic heterocycles. The van der Waals surface area contributed by atoms with Gasteiger partial charge in [0.1, 0.15) is 11.6 Å². The second-order valence-electron chi connectivity index (χ2n) is 9.35. The Morgan fingerprint density at radius 3 is 2.46 bits per heavy atom. The minimum atomic E-state index is -3.28. The van der Waals surface area contributed by atoms with E-state index in [0.717, 1.165) is 6.92 Å². The molecule has 0 radical (unpaired) electrons. The molecule has 0 saturated carbocycles. The van der Waals surface area contributed by atoms with Crippen molar-refractivity contribution in [2.24, 2.45) is 0 Å². The molecular formula is C31H24F6N2O2. The van der Waals surface area contributed by atoms with Crippen molar-refractivity contribution in [3.05, 3.63) is 101 Å². The standard InChI is InChI=1S/C29H17F5N2O2.C2H6.FH/c1-14-9-16-13-22(27(37)17-11-20(30)24(32)21(31)12-17)36-8-4-6-18(26(16)36)23-19(29(2,33)34)10-15-5-3-7-35-25(15)28(23)38-14;1-2;/h4,6-8,10-14H,9H2,1-2H3;1-2H3;1H. The smallest absolute Gasteiger partial charge is 0.271 e. The quantitative estimate of drug-likeness (QED) is 0.125. The molecule has 6 rings (SSSR count). The number of carbonyl (C=O) groups excluding carboxylic acids is 1. The van der Waals surface area contributed by atoms with Crippen LogP contribution >= 0.6 is 0 Å². The van der Waals surface area contributed by atoms with Gasteiger partial charge in [0, 0.05) is 41.8 Å². The van der Waals surface area contributed by atoms with Gasteiger partial charge in [-0.25, -0.2) is 26.9 Å². The lowest BCUT2D eigenvalue weighted by atomic mass is 9.90. The predicted molar refractivity (Wildman–Crippen MR) is 143 cm³/mol. The Balaban J connectivity index is 0.00000126. The summed E-state index contributed by atoms with van der Waals surface area (Å²) in [4.78, 5) is 17.7. The van der Waals surface area contributed by atoms with Crippen molar-refractivity contribution < 1.29 is 36.2 Å². The zero-order chi connectivity index (χ0) is 28.9. The zero-order valence-corrected chi connectivity index (χ0v) is 22.4. The maximum Gasteiger partial charge on any atom is 0.271 e. The maximum absolute atomic E-state index is 15.1. The number of rotatable bonds is 3. The molecule has 1 aliphatic rings. The molecular weight excluding hydrogens is 546 g/mol. The number of ether oxygens (including phenoxy) is 1. The third kappa shape index (κ3) is 4.86. The summed E-state index contributed by atoms with van der Waals surface area (Å²) in [5.74, 6) is -8.55. The van der Waals surface area contributed by atoms with Gasteiger partial charge < -0.3 is 9.14 Å². The van der Waals surface area contributed by atoms with Gasteiger partial charge in [0.05, 0.1) is 22.8 Å². The highest BCUT2D eigenvalue weighted by molar-refractivity contribution is 6.10. The molecule has 2 aromatic carbocycles. The summed E-state index contributed by atoms with van der Waals surface area (Å²) in [5.41, 5.74) is 1.22. The molecule has 0 N–H and O–H groups in total. The third-order valence-electron chi connectivity index (χ3n) is 6.64. The van der Waals surface area contributed by atoms with Crippen LogP contribution in [0.3, 0.4) is 0 Å². The van der Waals surface area contributed by atoms with E-state index in [1.54, 1.807) is 25.3 Å². The number of hydrogen-bond acceptors (Lipinski definition) is 3. The molecule has 4 nitrogen and oxygen atoms in total. The van der Waals surface area contributed by atoms with Crippen molar-refractivity contribution in [1.82, 2.24) is 9.38 Å². The van der Waals surface area contributed by atoms with Gasteiger partial charge in [0.25, 0.3) is 5.92 Å². The van der Waals surface area contributed by atoms with Crippen LogP contribution in [0.5, 0.6) is 5.75 Å². The lowest BCUT2D eigenvalue weighted by molar-refractivity contribution is 0.0179. The van der Waals surface area contributed by atoms with Crippen molar-refractivity contribution in [1.29, 1.82) is 0 Å². The Labute approximate surface area is 231 Å². The first-order valence-corrected chi connectivity index (χ1v) is 12.7. The van der Waals surface area contributed by atoms with Crippen molar-refractivity contribution in [2.75, 3.05) is 0 Å². The van der Waals surface area contributed by atoms with Gasteiger partial charge in [-0.1, -0.05) is 26.0 Å². The Morgan fingerprint density at radius 2 is 1.80 bits per heavy atom. The molecule has 3 aromatic heterocycles. The van der Waals surface area contributed by atoms with Crippen LogP contribution in [-0.4, -0.2) is 21.3 Å². The highest BCUT2D eigenvalue weighted by Gasteiger charge is 2.35. The van der Waals surface area contributed by atoms with E-state index in [2.05, 4.69) is 17.1 Å². The lowest BCUT2D eigenvalue weighted by Gasteiger charge is -2.26. The number of pyridine rings is 1. The molecule has 1 unspecified atom stereocenters. The second-order valence-corrected chi connectivity index (χ2v) is 9.35. The Bertz CT molecular complexity index is 1770. The summed E-state index contributed by atoms with van der Waals surface area (Å²) in [6.45, 7) is 6.54. The topological polar surface area (TPSA) is 43.6 Å². The van der Waals surface area contributed by atoms with E-state index >= 15 is 8.78 Å². The molecule has 41 heavy (non-hydrogen) atoms. The summed E-state index contributed by atoms with van der Waals surface area (Å²) >= 11 is 0. The largest absolute Gasteiger partial charge is 0.487 e. The number of hydrogen-bond donors (Lipinski definition) is 0. The normalized spacial score (nSPS) is 14.0. The highest BCUT2D eigenvalue weighted by Crippen LogP contribution is 2.48. The van der Waals surface area contributed by atoms with Crippen LogP contribution in [0.25, 0.3) is 27.5 Å². The van der Waals surface area contributed by atoms with E-state index < -0.39 is 35.3 Å². The second kappa shape index (κ2) is 10.8. The minimum absolute atomic E-state index is 0. The van der Waals surface area contributed by atoms with E-state index in [1.807, 2.05) is 13.8 Å². The lowest BCUT2D eigenvalue weighted by Crippen LogP contribution is -2.19. The molecule has 0 saturated heterocycles. The number of ketones is 1. The molecule has 212 valence electrons. The monoisotopic (exact) mass is 570 g/mol. The number of carbonyl (C=O) groups is 1. The van der Waals surface area contributed by atoms with Gasteiger partial charge >= 0.3 is 0 Å². The Hall–Kier alpha value is -4.52. The fraction of sp³-hybridized carbons (Fsp3) is 0.226. The van der Waals surface area contributed by atoms with Crippen LogP contribution < -0.4 is 4.74 Å². The summed E-state index contributed by atoms with van der Waals surface area (Å²) in [7, 11) is 0. The average molecular weight is 571 g/mol. The first-order chi connectivity index (χ1) is 19.0. The summed E-state index contributed by atoms with van der Waals surface area (Å²) < 4.78 is 79.2. The van der Waals surface area contributed by atoms with Crippen LogP contribution in [0.1, 0.15) is 54.9 Å². The van der Waals surface area contributed by atoms with E-state index in [0.29, 0.717) is 39.7 Å². The average Bonchev–Trinajstić information content (AvgIpc) is 3.29. The molecule has 0 bridgehead atoms. The molecule has 4 heterocycles. The number of halogens is 6. The van der Waals surface area contributed by atoms with Gasteiger partial charge in [0.2, 0.25) is 5.78 Å². The number of alkyl halides is 2. The van der Waals surface area contributed by atoms with Gasteiger partial charge in [-0.3, -0.25) is 9.50 Å². The Kier molecular flexibility index (Phi) is 7.76. The summed E-state index contributed by atoms with van der Waals surface area (Å²) in [6, 6.07) is 12.8. The number of fused-ring (bicyclic) bond motifs is 4. The molecule has 5 aromatic rings. The van der Waals surface area contributed by atoms with Crippen LogP contribution in [-0.2, 0) is 12.3 Å². The zero-order valence-electron chi connectivity index (χ0n) is 22.4. The molecule has 0 amide bonds. The molecule has 1 atom stereocenters. The van der Waals surface area contributed by atoms with Gasteiger partial charge in [0.15, 0.2) is 23.2 Å². The minimum Gasteiger partial charge on any atom is -0.487 e. The molecule has 0 spiro atoms. The molecule has 0 aliphatic carbocycles. The van der Waals surface area contributed by atoms with Crippen molar-refractivity contribution in [3.8, 4) is 16.9 Å². The number of benzene rings is 2. The van der Waals surface area contributed by atoms with Gasteiger partial charge in [-0.15, -0.1) is 0 Å². The van der Waals surface area contributed by atoms with Gasteiger partial charge in [-0.05, 0) is 48.9 Å². The van der Waals surface area contributed by atoms with Crippen molar-refractivity contribution in [3.63, 3.8) is 0 Å². The third-order valence-corrected chi connectivity index (χ3v) is 6.64. The summed E-state index contributed by atoms with van der Waals surface area (Å²) in [5, 5.41) is 0.314. The maximum atomic E-state index is 15.1. The Morgan fingerprint density at radius 1 is 1.12 bits per heavy atom. The van der Waals surface area contributed by atoms with E-state index in [9.17, 15) is 18.0 Å². The SMILES string of the molecule is CC.CC1Cc2cc(C(=O)c3cc(F)c(F)c(F)c3)n3cccc(c23)-c2c(C(C)(F)F)cc3c#ccnc3c2O1.F. The van der Waals surface area contributed by atoms with Crippen LogP contribution in [0.4, 0.5) is 26.7 Å². The first kappa shape index (κ1) is 29.5. The van der Waals surface area contributed by atoms with E-state index in [4.69, 9.17) is 4.74 Å². The number of nitrogens with zero attached hydrogens (tertiary/aromatic N) is 2. The predicted octanol–water partition coefficient (Wildman–Crippen LogP) is 8.02. The highest BCUT2D eigenvalue weighted by atomic mass is 19.3. The van der Waals surface area contributed by atoms with Crippen molar-refractivity contribution >= 4 is 22.2 Å². The number of aromatic nitrogens is 2. The van der Waals surface area contributed by atoms with Gasteiger partial charge in [-0.2, -0.15) is 0 Å². The molecule has 0 fully saturated rings. The fourth-order valence-corrected chi connectivity index (χ4v) is 5.07. The van der Waals surface area contributed by atoms with Crippen LogP contribution in [0.15, 0.2) is 48.8 Å². The van der Waals surface area contributed by atoms with E-state index in [-0.39, 0.29) is 39.3 Å².